The lowest BCUT2D eigenvalue weighted by molar-refractivity contribution is 0.0754. The van der Waals surface area contributed by atoms with Crippen LogP contribution in [0.25, 0.3) is 0 Å². The molecule has 1 aromatic rings. The first-order chi connectivity index (χ1) is 7.77. The van der Waals surface area contributed by atoms with Crippen LogP contribution in [0.5, 0.6) is 0 Å². The SMILES string of the molecule is Cc1noc(C)c1COCC1CCNCC1. The molecule has 0 amide bonds. The number of rotatable bonds is 4. The van der Waals surface area contributed by atoms with E-state index in [2.05, 4.69) is 10.5 Å². The van der Waals surface area contributed by atoms with E-state index in [1.54, 1.807) is 0 Å². The molecule has 0 bridgehead atoms. The summed E-state index contributed by atoms with van der Waals surface area (Å²) >= 11 is 0. The van der Waals surface area contributed by atoms with Crippen LogP contribution in [0.3, 0.4) is 0 Å². The van der Waals surface area contributed by atoms with Crippen LogP contribution in [0.1, 0.15) is 29.9 Å². The van der Waals surface area contributed by atoms with Crippen LogP contribution < -0.4 is 5.32 Å². The van der Waals surface area contributed by atoms with Gasteiger partial charge in [-0.15, -0.1) is 0 Å². The second-order valence-corrected chi connectivity index (χ2v) is 4.51. The molecule has 1 saturated heterocycles. The summed E-state index contributed by atoms with van der Waals surface area (Å²) in [5, 5.41) is 7.27. The van der Waals surface area contributed by atoms with E-state index in [1.165, 1.54) is 12.8 Å². The first-order valence-corrected chi connectivity index (χ1v) is 5.97. The Morgan fingerprint density at radius 1 is 1.38 bits per heavy atom. The highest BCUT2D eigenvalue weighted by Crippen LogP contribution is 2.16. The zero-order chi connectivity index (χ0) is 11.4. The maximum Gasteiger partial charge on any atom is 0.139 e. The van der Waals surface area contributed by atoms with Gasteiger partial charge in [0.2, 0.25) is 0 Å². The van der Waals surface area contributed by atoms with Crippen LogP contribution in [0.15, 0.2) is 4.52 Å². The van der Waals surface area contributed by atoms with Crippen molar-refractivity contribution in [2.45, 2.75) is 33.3 Å². The molecule has 0 unspecified atom stereocenters. The Kier molecular flexibility index (Phi) is 3.96. The standard InChI is InChI=1S/C12H20N2O2/c1-9-12(10(2)16-14-9)8-15-7-11-3-5-13-6-4-11/h11,13H,3-8H2,1-2H3. The second-order valence-electron chi connectivity index (χ2n) is 4.51. The second kappa shape index (κ2) is 5.46. The summed E-state index contributed by atoms with van der Waals surface area (Å²) in [5.41, 5.74) is 2.05. The molecule has 0 aromatic carbocycles. The predicted molar refractivity (Wildman–Crippen MR) is 61.2 cm³/mol. The largest absolute Gasteiger partial charge is 0.376 e. The minimum atomic E-state index is 0.630. The van der Waals surface area contributed by atoms with E-state index in [1.807, 2.05) is 13.8 Å². The van der Waals surface area contributed by atoms with E-state index < -0.39 is 0 Å². The van der Waals surface area contributed by atoms with E-state index in [-0.39, 0.29) is 0 Å². The van der Waals surface area contributed by atoms with E-state index in [0.29, 0.717) is 12.5 Å². The molecule has 4 heteroatoms. The Labute approximate surface area is 96.3 Å². The van der Waals surface area contributed by atoms with E-state index in [4.69, 9.17) is 9.26 Å². The van der Waals surface area contributed by atoms with Gasteiger partial charge in [-0.25, -0.2) is 0 Å². The zero-order valence-electron chi connectivity index (χ0n) is 10.1. The number of aromatic nitrogens is 1. The monoisotopic (exact) mass is 224 g/mol. The van der Waals surface area contributed by atoms with Gasteiger partial charge in [-0.1, -0.05) is 5.16 Å². The summed E-state index contributed by atoms with van der Waals surface area (Å²) < 4.78 is 10.8. The summed E-state index contributed by atoms with van der Waals surface area (Å²) in [6, 6.07) is 0. The van der Waals surface area contributed by atoms with Crippen LogP contribution in [0, 0.1) is 19.8 Å². The molecule has 16 heavy (non-hydrogen) atoms. The Morgan fingerprint density at radius 3 is 2.75 bits per heavy atom. The van der Waals surface area contributed by atoms with Crippen molar-refractivity contribution >= 4 is 0 Å². The highest BCUT2D eigenvalue weighted by molar-refractivity contribution is 5.19. The number of nitrogens with zero attached hydrogens (tertiary/aromatic N) is 1. The molecular formula is C12H20N2O2. The third-order valence-corrected chi connectivity index (χ3v) is 3.24. The minimum Gasteiger partial charge on any atom is -0.376 e. The number of hydrogen-bond donors (Lipinski definition) is 1. The minimum absolute atomic E-state index is 0.630. The third-order valence-electron chi connectivity index (χ3n) is 3.24. The fourth-order valence-corrected chi connectivity index (χ4v) is 2.08. The molecule has 0 aliphatic carbocycles. The van der Waals surface area contributed by atoms with Gasteiger partial charge in [0.05, 0.1) is 12.3 Å². The van der Waals surface area contributed by atoms with Crippen molar-refractivity contribution in [3.05, 3.63) is 17.0 Å². The fourth-order valence-electron chi connectivity index (χ4n) is 2.08. The molecule has 1 N–H and O–H groups in total. The molecule has 1 aliphatic heterocycles. The van der Waals surface area contributed by atoms with Gasteiger partial charge in [-0.05, 0) is 45.7 Å². The zero-order valence-corrected chi connectivity index (χ0v) is 10.1. The van der Waals surface area contributed by atoms with Gasteiger partial charge < -0.3 is 14.6 Å². The maximum absolute atomic E-state index is 5.75. The summed E-state index contributed by atoms with van der Waals surface area (Å²) in [4.78, 5) is 0. The van der Waals surface area contributed by atoms with Crippen molar-refractivity contribution in [2.24, 2.45) is 5.92 Å². The smallest absolute Gasteiger partial charge is 0.139 e. The van der Waals surface area contributed by atoms with E-state index in [9.17, 15) is 0 Å². The number of ether oxygens (including phenoxy) is 1. The summed E-state index contributed by atoms with van der Waals surface area (Å²) in [6.45, 7) is 7.62. The normalized spacial score (nSPS) is 17.9. The van der Waals surface area contributed by atoms with Crippen molar-refractivity contribution in [2.75, 3.05) is 19.7 Å². The first-order valence-electron chi connectivity index (χ1n) is 5.97. The van der Waals surface area contributed by atoms with Crippen LogP contribution >= 0.6 is 0 Å². The molecular weight excluding hydrogens is 204 g/mol. The van der Waals surface area contributed by atoms with Gasteiger partial charge in [-0.3, -0.25) is 0 Å². The molecule has 0 spiro atoms. The number of aryl methyl sites for hydroxylation is 2. The van der Waals surface area contributed by atoms with E-state index >= 15 is 0 Å². The summed E-state index contributed by atoms with van der Waals surface area (Å²) in [6.07, 6.45) is 2.45. The van der Waals surface area contributed by atoms with Crippen LogP contribution in [-0.4, -0.2) is 24.9 Å². The third kappa shape index (κ3) is 2.83. The van der Waals surface area contributed by atoms with Gasteiger partial charge >= 0.3 is 0 Å². The van der Waals surface area contributed by atoms with Crippen molar-refractivity contribution in [3.63, 3.8) is 0 Å². The molecule has 2 heterocycles. The van der Waals surface area contributed by atoms with Crippen molar-refractivity contribution < 1.29 is 9.26 Å². The Morgan fingerprint density at radius 2 is 2.12 bits per heavy atom. The summed E-state index contributed by atoms with van der Waals surface area (Å²) in [5.74, 6) is 1.59. The average Bonchev–Trinajstić information content (AvgIpc) is 2.62. The number of hydrogen-bond acceptors (Lipinski definition) is 4. The molecule has 2 rings (SSSR count). The van der Waals surface area contributed by atoms with Gasteiger partial charge in [-0.2, -0.15) is 0 Å². The molecule has 1 aliphatic rings. The predicted octanol–water partition coefficient (Wildman–Crippen LogP) is 1.81. The highest BCUT2D eigenvalue weighted by Gasteiger charge is 2.14. The van der Waals surface area contributed by atoms with Crippen molar-refractivity contribution in [1.29, 1.82) is 0 Å². The topological polar surface area (TPSA) is 47.3 Å². The molecule has 4 nitrogen and oxygen atoms in total. The Bertz CT molecular complexity index is 310. The molecule has 0 saturated carbocycles. The highest BCUT2D eigenvalue weighted by atomic mass is 16.5. The summed E-state index contributed by atoms with van der Waals surface area (Å²) in [7, 11) is 0. The lowest BCUT2D eigenvalue weighted by Gasteiger charge is -2.22. The molecule has 0 radical (unpaired) electrons. The van der Waals surface area contributed by atoms with Crippen molar-refractivity contribution in [1.82, 2.24) is 10.5 Å². The number of piperidine rings is 1. The number of nitrogens with one attached hydrogen (secondary N) is 1. The molecule has 1 aromatic heterocycles. The van der Waals surface area contributed by atoms with Crippen molar-refractivity contribution in [3.8, 4) is 0 Å². The first kappa shape index (κ1) is 11.6. The Hall–Kier alpha value is -0.870. The Balaban J connectivity index is 1.75. The van der Waals surface area contributed by atoms with Crippen LogP contribution in [0.4, 0.5) is 0 Å². The average molecular weight is 224 g/mol. The lowest BCUT2D eigenvalue weighted by atomic mass is 9.99. The quantitative estimate of drug-likeness (QED) is 0.847. The van der Waals surface area contributed by atoms with Crippen LogP contribution in [0.2, 0.25) is 0 Å². The van der Waals surface area contributed by atoms with Gasteiger partial charge in [0.25, 0.3) is 0 Å². The van der Waals surface area contributed by atoms with E-state index in [0.717, 1.165) is 36.7 Å². The molecule has 1 fully saturated rings. The molecule has 90 valence electrons. The van der Waals surface area contributed by atoms with Crippen LogP contribution in [-0.2, 0) is 11.3 Å². The van der Waals surface area contributed by atoms with Gasteiger partial charge in [0, 0.05) is 12.2 Å². The molecule has 0 atom stereocenters. The van der Waals surface area contributed by atoms with Gasteiger partial charge in [0.15, 0.2) is 0 Å². The lowest BCUT2D eigenvalue weighted by Crippen LogP contribution is -2.29. The van der Waals surface area contributed by atoms with Gasteiger partial charge in [0.1, 0.15) is 5.76 Å². The maximum atomic E-state index is 5.75. The fraction of sp³-hybridized carbons (Fsp3) is 0.750.